The number of amides is 1. The molecule has 3 rings (SSSR count). The molecule has 172 valence electrons. The van der Waals surface area contributed by atoms with E-state index in [4.69, 9.17) is 9.47 Å². The van der Waals surface area contributed by atoms with Crippen LogP contribution in [0.25, 0.3) is 6.08 Å². The molecule has 0 fully saturated rings. The molecule has 34 heavy (non-hydrogen) atoms. The Balaban J connectivity index is 1.81. The number of hydrogen-bond acceptors (Lipinski definition) is 6. The molecular weight excluding hydrogens is 556 g/mol. The van der Waals surface area contributed by atoms with E-state index in [1.54, 1.807) is 24.3 Å². The van der Waals surface area contributed by atoms with Crippen molar-refractivity contribution in [2.45, 2.75) is 6.61 Å². The van der Waals surface area contributed by atoms with Crippen LogP contribution in [-0.4, -0.2) is 17.9 Å². The number of halogens is 2. The van der Waals surface area contributed by atoms with Gasteiger partial charge in [-0.25, -0.2) is 4.39 Å². The van der Waals surface area contributed by atoms with E-state index in [2.05, 4.69) is 5.32 Å². The van der Waals surface area contributed by atoms with Crippen LogP contribution in [0, 0.1) is 30.8 Å². The first-order chi connectivity index (χ1) is 16.3. The Morgan fingerprint density at radius 2 is 1.97 bits per heavy atom. The summed E-state index contributed by atoms with van der Waals surface area (Å²) in [5, 5.41) is 22.9. The van der Waals surface area contributed by atoms with Crippen molar-refractivity contribution in [1.82, 2.24) is 0 Å². The van der Waals surface area contributed by atoms with Gasteiger partial charge in [0.15, 0.2) is 11.5 Å². The zero-order valence-electron chi connectivity index (χ0n) is 17.7. The highest BCUT2D eigenvalue weighted by atomic mass is 127. The van der Waals surface area contributed by atoms with Crippen molar-refractivity contribution in [2.75, 3.05) is 12.4 Å². The molecule has 1 N–H and O–H groups in total. The highest BCUT2D eigenvalue weighted by Crippen LogP contribution is 2.35. The fraction of sp³-hybridized carbons (Fsp3) is 0.0833. The molecule has 3 aromatic rings. The van der Waals surface area contributed by atoms with E-state index in [9.17, 15) is 24.6 Å². The molecule has 0 aliphatic heterocycles. The van der Waals surface area contributed by atoms with Crippen molar-refractivity contribution in [2.24, 2.45) is 0 Å². The smallest absolute Gasteiger partial charge is 0.271 e. The van der Waals surface area contributed by atoms with Gasteiger partial charge in [-0.05, 0) is 70.1 Å². The van der Waals surface area contributed by atoms with E-state index >= 15 is 0 Å². The Labute approximate surface area is 207 Å². The third kappa shape index (κ3) is 6.29. The maximum absolute atomic E-state index is 13.1. The van der Waals surface area contributed by atoms with Gasteiger partial charge in [0.1, 0.15) is 24.1 Å². The molecule has 0 aliphatic carbocycles. The summed E-state index contributed by atoms with van der Waals surface area (Å²) in [6.45, 7) is 0.191. The van der Waals surface area contributed by atoms with Crippen LogP contribution in [0.5, 0.6) is 11.5 Å². The maximum Gasteiger partial charge on any atom is 0.271 e. The average Bonchev–Trinajstić information content (AvgIpc) is 2.82. The van der Waals surface area contributed by atoms with Crippen LogP contribution >= 0.6 is 22.6 Å². The topological polar surface area (TPSA) is 114 Å². The van der Waals surface area contributed by atoms with Crippen LogP contribution in [0.3, 0.4) is 0 Å². The first-order valence-electron chi connectivity index (χ1n) is 9.73. The van der Waals surface area contributed by atoms with Crippen LogP contribution < -0.4 is 14.8 Å². The van der Waals surface area contributed by atoms with E-state index < -0.39 is 10.8 Å². The average molecular weight is 573 g/mol. The summed E-state index contributed by atoms with van der Waals surface area (Å²) in [6, 6.07) is 16.5. The molecule has 1 amide bonds. The molecule has 0 saturated heterocycles. The minimum Gasteiger partial charge on any atom is -0.493 e. The second-order valence-electron chi connectivity index (χ2n) is 6.88. The fourth-order valence-corrected chi connectivity index (χ4v) is 3.69. The van der Waals surface area contributed by atoms with Crippen LogP contribution in [0.4, 0.5) is 15.8 Å². The monoisotopic (exact) mass is 573 g/mol. The molecule has 0 heterocycles. The predicted octanol–water partition coefficient (Wildman–Crippen LogP) is 5.47. The number of carbonyl (C=O) groups excluding carboxylic acids is 1. The number of hydrogen-bond donors (Lipinski definition) is 1. The first-order valence-corrected chi connectivity index (χ1v) is 10.8. The molecular formula is C24H17FIN3O5. The Morgan fingerprint density at radius 3 is 2.62 bits per heavy atom. The number of nitrogens with zero attached hydrogens (tertiary/aromatic N) is 2. The number of nitriles is 1. The number of nitro benzene ring substituents is 1. The summed E-state index contributed by atoms with van der Waals surface area (Å²) in [6.07, 6.45) is 1.38. The fourth-order valence-electron chi connectivity index (χ4n) is 2.91. The molecule has 0 radical (unpaired) electrons. The summed E-state index contributed by atoms with van der Waals surface area (Å²) in [5.41, 5.74) is 1.09. The number of ether oxygens (including phenoxy) is 2. The molecule has 0 spiro atoms. The van der Waals surface area contributed by atoms with E-state index in [1.165, 1.54) is 49.6 Å². The van der Waals surface area contributed by atoms with Gasteiger partial charge in [0.2, 0.25) is 0 Å². The molecule has 0 bridgehead atoms. The lowest BCUT2D eigenvalue weighted by Crippen LogP contribution is -2.13. The van der Waals surface area contributed by atoms with Crippen LogP contribution in [0.15, 0.2) is 66.2 Å². The number of anilines is 1. The van der Waals surface area contributed by atoms with Gasteiger partial charge in [-0.1, -0.05) is 18.2 Å². The third-order valence-electron chi connectivity index (χ3n) is 4.54. The number of nitro groups is 1. The van der Waals surface area contributed by atoms with Crippen molar-refractivity contribution >= 4 is 45.9 Å². The zero-order chi connectivity index (χ0) is 24.7. The van der Waals surface area contributed by atoms with E-state index in [-0.39, 0.29) is 29.4 Å². The molecule has 0 unspecified atom stereocenters. The van der Waals surface area contributed by atoms with Gasteiger partial charge in [0, 0.05) is 17.8 Å². The zero-order valence-corrected chi connectivity index (χ0v) is 19.9. The Kier molecular flexibility index (Phi) is 8.15. The Bertz CT molecular complexity index is 1300. The minimum atomic E-state index is -0.714. The number of non-ortho nitro benzene ring substituents is 1. The second-order valence-corrected chi connectivity index (χ2v) is 8.04. The number of benzene rings is 3. The summed E-state index contributed by atoms with van der Waals surface area (Å²) >= 11 is 2.05. The quantitative estimate of drug-likeness (QED) is 0.126. The van der Waals surface area contributed by atoms with Gasteiger partial charge in [-0.15, -0.1) is 0 Å². The Hall–Kier alpha value is -3.98. The van der Waals surface area contributed by atoms with E-state index in [0.29, 0.717) is 20.6 Å². The van der Waals surface area contributed by atoms with Crippen molar-refractivity contribution in [1.29, 1.82) is 5.26 Å². The molecule has 0 aromatic heterocycles. The number of nitrogens with one attached hydrogen (secondary N) is 1. The standard InChI is InChI=1S/C24H17FIN3O5/c1-33-22-11-16(10-21(26)23(22)34-14-15-5-7-18(25)8-6-15)9-17(13-27)24(30)28-19-3-2-4-20(12-19)29(31)32/h2-12H,14H2,1H3,(H,28,30)/b17-9+. The Morgan fingerprint density at radius 1 is 1.24 bits per heavy atom. The van der Waals surface area contributed by atoms with Gasteiger partial charge in [-0.2, -0.15) is 5.26 Å². The molecule has 0 saturated carbocycles. The highest BCUT2D eigenvalue weighted by Gasteiger charge is 2.15. The summed E-state index contributed by atoms with van der Waals surface area (Å²) in [4.78, 5) is 22.9. The molecule has 0 atom stereocenters. The maximum atomic E-state index is 13.1. The number of carbonyl (C=O) groups is 1. The SMILES string of the molecule is COc1cc(/C=C(\C#N)C(=O)Nc2cccc([N+](=O)[O-])c2)cc(I)c1OCc1ccc(F)cc1. The van der Waals surface area contributed by atoms with Gasteiger partial charge in [-0.3, -0.25) is 14.9 Å². The van der Waals surface area contributed by atoms with Crippen molar-refractivity contribution in [3.05, 3.63) is 96.9 Å². The number of methoxy groups -OCH3 is 1. The van der Waals surface area contributed by atoms with Gasteiger partial charge >= 0.3 is 0 Å². The summed E-state index contributed by atoms with van der Waals surface area (Å²) < 4.78 is 25.0. The lowest BCUT2D eigenvalue weighted by molar-refractivity contribution is -0.384. The third-order valence-corrected chi connectivity index (χ3v) is 5.34. The lowest BCUT2D eigenvalue weighted by Gasteiger charge is -2.14. The molecule has 8 nitrogen and oxygen atoms in total. The van der Waals surface area contributed by atoms with Crippen molar-refractivity contribution in [3.63, 3.8) is 0 Å². The molecule has 10 heteroatoms. The molecule has 0 aliphatic rings. The van der Waals surface area contributed by atoms with E-state index in [0.717, 1.165) is 5.56 Å². The summed E-state index contributed by atoms with van der Waals surface area (Å²) in [5.74, 6) is -0.204. The summed E-state index contributed by atoms with van der Waals surface area (Å²) in [7, 11) is 1.46. The number of rotatable bonds is 8. The second kappa shape index (κ2) is 11.2. The highest BCUT2D eigenvalue weighted by molar-refractivity contribution is 14.1. The van der Waals surface area contributed by atoms with E-state index in [1.807, 2.05) is 28.7 Å². The minimum absolute atomic E-state index is 0.184. The van der Waals surface area contributed by atoms with Crippen molar-refractivity contribution < 1.29 is 23.6 Å². The van der Waals surface area contributed by atoms with Gasteiger partial charge in [0.25, 0.3) is 11.6 Å². The van der Waals surface area contributed by atoms with Gasteiger partial charge in [0.05, 0.1) is 15.6 Å². The van der Waals surface area contributed by atoms with Crippen molar-refractivity contribution in [3.8, 4) is 17.6 Å². The van der Waals surface area contributed by atoms with Crippen LogP contribution in [-0.2, 0) is 11.4 Å². The molecule has 3 aromatic carbocycles. The van der Waals surface area contributed by atoms with Crippen LogP contribution in [0.2, 0.25) is 0 Å². The normalized spacial score (nSPS) is 10.8. The largest absolute Gasteiger partial charge is 0.493 e. The van der Waals surface area contributed by atoms with Gasteiger partial charge < -0.3 is 14.8 Å². The van der Waals surface area contributed by atoms with Crippen LogP contribution in [0.1, 0.15) is 11.1 Å². The first kappa shape index (κ1) is 24.7. The predicted molar refractivity (Wildman–Crippen MR) is 132 cm³/mol. The lowest BCUT2D eigenvalue weighted by atomic mass is 10.1.